The molecule has 0 unspecified atom stereocenters. The van der Waals surface area contributed by atoms with E-state index in [1.165, 1.54) is 24.3 Å². The summed E-state index contributed by atoms with van der Waals surface area (Å²) < 4.78 is 33.6. The summed E-state index contributed by atoms with van der Waals surface area (Å²) in [5.74, 6) is 0.855. The van der Waals surface area contributed by atoms with E-state index in [-0.39, 0.29) is 18.0 Å². The van der Waals surface area contributed by atoms with Gasteiger partial charge in [0.15, 0.2) is 0 Å². The number of sulfonamides is 1. The summed E-state index contributed by atoms with van der Waals surface area (Å²) in [6, 6.07) is 31.2. The van der Waals surface area contributed by atoms with E-state index in [9.17, 15) is 13.2 Å². The molecule has 178 valence electrons. The zero-order chi connectivity index (χ0) is 24.7. The van der Waals surface area contributed by atoms with Gasteiger partial charge in [0.05, 0.1) is 11.4 Å². The van der Waals surface area contributed by atoms with E-state index >= 15 is 0 Å². The van der Waals surface area contributed by atoms with Crippen LogP contribution in [0, 0.1) is 0 Å². The van der Waals surface area contributed by atoms with Gasteiger partial charge in [-0.05, 0) is 66.2 Å². The number of nitrogens with one attached hydrogen (secondary N) is 1. The van der Waals surface area contributed by atoms with Crippen LogP contribution in [0.5, 0.6) is 11.5 Å². The molecule has 6 nitrogen and oxygen atoms in total. The molecule has 0 heterocycles. The Balaban J connectivity index is 1.48. The number of para-hydroxylation sites is 1. The SMILES string of the molecule is O=C(CN(Cc1ccccc1)S(=O)(=O)c1ccc(Cl)cc1)Nc1ccc(Oc2ccccc2)cc1. The molecule has 35 heavy (non-hydrogen) atoms. The fraction of sp³-hybridized carbons (Fsp3) is 0.0741. The van der Waals surface area contributed by atoms with E-state index in [2.05, 4.69) is 5.32 Å². The molecule has 0 atom stereocenters. The molecule has 4 rings (SSSR count). The molecule has 4 aromatic carbocycles. The summed E-state index contributed by atoms with van der Waals surface area (Å²) >= 11 is 5.92. The topological polar surface area (TPSA) is 75.7 Å². The molecule has 0 aliphatic heterocycles. The number of hydrogen-bond donors (Lipinski definition) is 1. The zero-order valence-electron chi connectivity index (χ0n) is 18.7. The fourth-order valence-electron chi connectivity index (χ4n) is 3.36. The number of amides is 1. The molecule has 0 bridgehead atoms. The standard InChI is InChI=1S/C27H23ClN2O4S/c28-22-11-17-26(18-12-22)35(32,33)30(19-21-7-3-1-4-8-21)20-27(31)29-23-13-15-25(16-14-23)34-24-9-5-2-6-10-24/h1-18H,19-20H2,(H,29,31). The Labute approximate surface area is 209 Å². The summed E-state index contributed by atoms with van der Waals surface area (Å²) in [6.45, 7) is -0.314. The van der Waals surface area contributed by atoms with E-state index in [1.54, 1.807) is 24.3 Å². The molecule has 0 fully saturated rings. The number of hydrogen-bond acceptors (Lipinski definition) is 4. The van der Waals surface area contributed by atoms with Gasteiger partial charge in [0.25, 0.3) is 0 Å². The van der Waals surface area contributed by atoms with E-state index in [0.717, 1.165) is 9.87 Å². The van der Waals surface area contributed by atoms with Gasteiger partial charge in [0.2, 0.25) is 15.9 Å². The number of carbonyl (C=O) groups excluding carboxylic acids is 1. The van der Waals surface area contributed by atoms with Crippen LogP contribution in [0.15, 0.2) is 114 Å². The summed E-state index contributed by atoms with van der Waals surface area (Å²) in [5.41, 5.74) is 1.29. The highest BCUT2D eigenvalue weighted by atomic mass is 35.5. The van der Waals surface area contributed by atoms with Crippen molar-refractivity contribution >= 4 is 33.2 Å². The minimum atomic E-state index is -3.95. The molecule has 4 aromatic rings. The summed E-state index contributed by atoms with van der Waals surface area (Å²) in [5, 5.41) is 3.19. The van der Waals surface area contributed by atoms with Crippen molar-refractivity contribution in [1.29, 1.82) is 0 Å². The third kappa shape index (κ3) is 6.70. The molecule has 0 radical (unpaired) electrons. The molecular weight excluding hydrogens is 484 g/mol. The van der Waals surface area contributed by atoms with Gasteiger partial charge in [-0.1, -0.05) is 60.1 Å². The van der Waals surface area contributed by atoms with Crippen LogP contribution in [0.25, 0.3) is 0 Å². The Bertz CT molecular complexity index is 1360. The quantitative estimate of drug-likeness (QED) is 0.304. The third-order valence-electron chi connectivity index (χ3n) is 5.09. The number of ether oxygens (including phenoxy) is 1. The van der Waals surface area contributed by atoms with Gasteiger partial charge >= 0.3 is 0 Å². The first-order valence-corrected chi connectivity index (χ1v) is 12.6. The monoisotopic (exact) mass is 506 g/mol. The average molecular weight is 507 g/mol. The van der Waals surface area contributed by atoms with Crippen LogP contribution in [0.3, 0.4) is 0 Å². The summed E-state index contributed by atoms with van der Waals surface area (Å²) in [6.07, 6.45) is 0. The van der Waals surface area contributed by atoms with Crippen molar-refractivity contribution in [3.63, 3.8) is 0 Å². The van der Waals surface area contributed by atoms with Crippen LogP contribution < -0.4 is 10.1 Å². The zero-order valence-corrected chi connectivity index (χ0v) is 20.2. The lowest BCUT2D eigenvalue weighted by molar-refractivity contribution is -0.116. The number of halogens is 1. The first-order valence-electron chi connectivity index (χ1n) is 10.8. The second-order valence-electron chi connectivity index (χ2n) is 7.70. The second-order valence-corrected chi connectivity index (χ2v) is 10.1. The smallest absolute Gasteiger partial charge is 0.243 e. The van der Waals surface area contributed by atoms with Gasteiger partial charge in [-0.2, -0.15) is 4.31 Å². The molecule has 0 spiro atoms. The number of benzene rings is 4. The lowest BCUT2D eigenvalue weighted by atomic mass is 10.2. The largest absolute Gasteiger partial charge is 0.457 e. The van der Waals surface area contributed by atoms with Crippen LogP contribution in [0.2, 0.25) is 5.02 Å². The highest BCUT2D eigenvalue weighted by Gasteiger charge is 2.27. The van der Waals surface area contributed by atoms with Crippen molar-refractivity contribution in [2.45, 2.75) is 11.4 Å². The van der Waals surface area contributed by atoms with E-state index in [1.807, 2.05) is 60.7 Å². The van der Waals surface area contributed by atoms with Gasteiger partial charge in [-0.3, -0.25) is 4.79 Å². The van der Waals surface area contributed by atoms with Gasteiger partial charge < -0.3 is 10.1 Å². The van der Waals surface area contributed by atoms with Gasteiger partial charge in [0, 0.05) is 17.3 Å². The molecule has 0 saturated heterocycles. The Kier molecular flexibility index (Phi) is 7.82. The minimum Gasteiger partial charge on any atom is -0.457 e. The average Bonchev–Trinajstić information content (AvgIpc) is 2.86. The second kappa shape index (κ2) is 11.2. The Morgan fingerprint density at radius 2 is 1.34 bits per heavy atom. The van der Waals surface area contributed by atoms with Crippen LogP contribution in [-0.2, 0) is 21.4 Å². The van der Waals surface area contributed by atoms with Crippen LogP contribution >= 0.6 is 11.6 Å². The van der Waals surface area contributed by atoms with E-state index in [0.29, 0.717) is 22.2 Å². The maximum atomic E-state index is 13.3. The normalized spacial score (nSPS) is 11.3. The number of rotatable bonds is 9. The Morgan fingerprint density at radius 1 is 0.771 bits per heavy atom. The van der Waals surface area contributed by atoms with E-state index in [4.69, 9.17) is 16.3 Å². The van der Waals surface area contributed by atoms with Gasteiger partial charge in [0.1, 0.15) is 11.5 Å². The molecule has 8 heteroatoms. The van der Waals surface area contributed by atoms with E-state index < -0.39 is 15.9 Å². The number of nitrogens with zero attached hydrogens (tertiary/aromatic N) is 1. The Hall–Kier alpha value is -3.65. The summed E-state index contributed by atoms with van der Waals surface area (Å²) in [4.78, 5) is 12.9. The van der Waals surface area contributed by atoms with Crippen molar-refractivity contribution in [3.8, 4) is 11.5 Å². The molecule has 0 aliphatic rings. The van der Waals surface area contributed by atoms with Crippen molar-refractivity contribution < 1.29 is 17.9 Å². The minimum absolute atomic E-state index is 0.0447. The van der Waals surface area contributed by atoms with Crippen molar-refractivity contribution in [3.05, 3.63) is 120 Å². The maximum Gasteiger partial charge on any atom is 0.243 e. The van der Waals surface area contributed by atoms with Crippen molar-refractivity contribution in [2.24, 2.45) is 0 Å². The molecule has 0 aliphatic carbocycles. The van der Waals surface area contributed by atoms with Gasteiger partial charge in [-0.15, -0.1) is 0 Å². The maximum absolute atomic E-state index is 13.3. The Morgan fingerprint density at radius 3 is 1.97 bits per heavy atom. The van der Waals surface area contributed by atoms with Crippen molar-refractivity contribution in [1.82, 2.24) is 4.31 Å². The van der Waals surface area contributed by atoms with Crippen molar-refractivity contribution in [2.75, 3.05) is 11.9 Å². The first kappa shape index (κ1) is 24.5. The molecule has 0 saturated carbocycles. The third-order valence-corrected chi connectivity index (χ3v) is 7.15. The predicted octanol–water partition coefficient (Wildman–Crippen LogP) is 5.96. The number of carbonyl (C=O) groups is 1. The fourth-order valence-corrected chi connectivity index (χ4v) is 4.87. The predicted molar refractivity (Wildman–Crippen MR) is 137 cm³/mol. The number of anilines is 1. The molecule has 1 N–H and O–H groups in total. The molecule has 1 amide bonds. The van der Waals surface area contributed by atoms with Gasteiger partial charge in [-0.25, -0.2) is 8.42 Å². The molecule has 0 aromatic heterocycles. The first-order chi connectivity index (χ1) is 16.9. The van der Waals surface area contributed by atoms with Crippen LogP contribution in [-0.4, -0.2) is 25.2 Å². The lowest BCUT2D eigenvalue weighted by Crippen LogP contribution is -2.37. The molecular formula is C27H23ClN2O4S. The highest BCUT2D eigenvalue weighted by Crippen LogP contribution is 2.24. The van der Waals surface area contributed by atoms with Crippen LogP contribution in [0.4, 0.5) is 5.69 Å². The highest BCUT2D eigenvalue weighted by molar-refractivity contribution is 7.89. The summed E-state index contributed by atoms with van der Waals surface area (Å²) in [7, 11) is -3.95. The van der Waals surface area contributed by atoms with Crippen LogP contribution in [0.1, 0.15) is 5.56 Å². The lowest BCUT2D eigenvalue weighted by Gasteiger charge is -2.22.